The van der Waals surface area contributed by atoms with Crippen LogP contribution in [0.5, 0.6) is 0 Å². The van der Waals surface area contributed by atoms with Gasteiger partial charge in [-0.3, -0.25) is 4.90 Å². The van der Waals surface area contributed by atoms with E-state index in [-0.39, 0.29) is 11.8 Å². The molecule has 3 rings (SSSR count). The Kier molecular flexibility index (Phi) is 4.06. The van der Waals surface area contributed by atoms with Crippen LogP contribution in [0.3, 0.4) is 0 Å². The quantitative estimate of drug-likeness (QED) is 0.919. The molecule has 116 valence electrons. The van der Waals surface area contributed by atoms with E-state index in [9.17, 15) is 4.79 Å². The highest BCUT2D eigenvalue weighted by molar-refractivity contribution is 5.84. The van der Waals surface area contributed by atoms with Gasteiger partial charge in [-0.1, -0.05) is 0 Å². The Balaban J connectivity index is 1.62. The molecule has 0 aliphatic carbocycles. The van der Waals surface area contributed by atoms with Gasteiger partial charge in [0, 0.05) is 38.6 Å². The van der Waals surface area contributed by atoms with Crippen LogP contribution in [0.15, 0.2) is 35.0 Å². The molecule has 0 aromatic carbocycles. The fraction of sp³-hybridized carbons (Fsp3) is 0.400. The molecule has 7 nitrogen and oxygen atoms in total. The van der Waals surface area contributed by atoms with Gasteiger partial charge in [0.15, 0.2) is 0 Å². The lowest BCUT2D eigenvalue weighted by Gasteiger charge is -2.37. The first kappa shape index (κ1) is 14.5. The molecule has 0 spiro atoms. The van der Waals surface area contributed by atoms with Crippen molar-refractivity contribution in [1.29, 1.82) is 0 Å². The van der Waals surface area contributed by atoms with Gasteiger partial charge in [0.2, 0.25) is 11.7 Å². The van der Waals surface area contributed by atoms with Crippen LogP contribution in [0.2, 0.25) is 0 Å². The maximum absolute atomic E-state index is 10.9. The fourth-order valence-electron chi connectivity index (χ4n) is 2.64. The number of aromatic carboxylic acids is 1. The van der Waals surface area contributed by atoms with E-state index in [0.717, 1.165) is 32.1 Å². The lowest BCUT2D eigenvalue weighted by Crippen LogP contribution is -2.47. The molecule has 1 aliphatic heterocycles. The van der Waals surface area contributed by atoms with Gasteiger partial charge in [0.25, 0.3) is 0 Å². The molecule has 1 fully saturated rings. The monoisotopic (exact) mass is 302 g/mol. The second-order valence-corrected chi connectivity index (χ2v) is 5.25. The van der Waals surface area contributed by atoms with Gasteiger partial charge < -0.3 is 14.4 Å². The Labute approximate surface area is 128 Å². The highest BCUT2D eigenvalue weighted by atomic mass is 16.4. The van der Waals surface area contributed by atoms with Gasteiger partial charge in [-0.25, -0.2) is 14.8 Å². The first-order chi connectivity index (χ1) is 10.6. The smallest absolute Gasteiger partial charge is 0.371 e. The summed E-state index contributed by atoms with van der Waals surface area (Å²) in [4.78, 5) is 23.8. The molecule has 1 N–H and O–H groups in total. The zero-order valence-electron chi connectivity index (χ0n) is 12.3. The van der Waals surface area contributed by atoms with Crippen molar-refractivity contribution in [3.8, 4) is 0 Å². The number of hydrogen-bond donors (Lipinski definition) is 1. The lowest BCUT2D eigenvalue weighted by molar-refractivity contribution is 0.0655. The van der Waals surface area contributed by atoms with E-state index in [0.29, 0.717) is 5.76 Å². The molecule has 7 heteroatoms. The number of piperazine rings is 1. The summed E-state index contributed by atoms with van der Waals surface area (Å²) in [6.07, 6.45) is 3.49. The fourth-order valence-corrected chi connectivity index (χ4v) is 2.64. The molecule has 0 bridgehead atoms. The van der Waals surface area contributed by atoms with Gasteiger partial charge >= 0.3 is 5.97 Å². The van der Waals surface area contributed by atoms with Gasteiger partial charge in [-0.2, -0.15) is 0 Å². The van der Waals surface area contributed by atoms with E-state index >= 15 is 0 Å². The molecule has 1 unspecified atom stereocenters. The van der Waals surface area contributed by atoms with Crippen LogP contribution >= 0.6 is 0 Å². The summed E-state index contributed by atoms with van der Waals surface area (Å²) in [5.41, 5.74) is 0. The number of carboxylic acids is 1. The van der Waals surface area contributed by atoms with Gasteiger partial charge in [-0.05, 0) is 25.1 Å². The Morgan fingerprint density at radius 2 is 1.91 bits per heavy atom. The van der Waals surface area contributed by atoms with Crippen LogP contribution in [-0.2, 0) is 0 Å². The second kappa shape index (κ2) is 6.15. The summed E-state index contributed by atoms with van der Waals surface area (Å²) in [6.45, 7) is 5.39. The van der Waals surface area contributed by atoms with Crippen LogP contribution in [-0.4, -0.2) is 52.1 Å². The first-order valence-corrected chi connectivity index (χ1v) is 7.24. The highest BCUT2D eigenvalue weighted by Gasteiger charge is 2.25. The summed E-state index contributed by atoms with van der Waals surface area (Å²) in [7, 11) is 0. The summed E-state index contributed by atoms with van der Waals surface area (Å²) in [5.74, 6) is 0.380. The second-order valence-electron chi connectivity index (χ2n) is 5.25. The summed E-state index contributed by atoms with van der Waals surface area (Å²) < 4.78 is 5.39. The van der Waals surface area contributed by atoms with Crippen LogP contribution in [0.4, 0.5) is 5.95 Å². The van der Waals surface area contributed by atoms with E-state index in [4.69, 9.17) is 9.52 Å². The maximum atomic E-state index is 10.9. The van der Waals surface area contributed by atoms with Crippen molar-refractivity contribution in [3.05, 3.63) is 42.1 Å². The van der Waals surface area contributed by atoms with E-state index < -0.39 is 5.97 Å². The van der Waals surface area contributed by atoms with E-state index in [1.165, 1.54) is 6.07 Å². The van der Waals surface area contributed by atoms with Crippen molar-refractivity contribution in [3.63, 3.8) is 0 Å². The number of carbonyl (C=O) groups is 1. The summed E-state index contributed by atoms with van der Waals surface area (Å²) in [6, 6.07) is 5.09. The average molecular weight is 302 g/mol. The normalized spacial score (nSPS) is 17.4. The van der Waals surface area contributed by atoms with E-state index in [1.807, 2.05) is 6.92 Å². The topological polar surface area (TPSA) is 82.7 Å². The Hall–Kier alpha value is -2.41. The molecule has 0 saturated carbocycles. The number of hydrogen-bond acceptors (Lipinski definition) is 6. The van der Waals surface area contributed by atoms with Crippen LogP contribution < -0.4 is 4.90 Å². The van der Waals surface area contributed by atoms with Crippen LogP contribution in [0.25, 0.3) is 0 Å². The summed E-state index contributed by atoms with van der Waals surface area (Å²) in [5, 5.41) is 8.92. The maximum Gasteiger partial charge on any atom is 0.371 e. The zero-order chi connectivity index (χ0) is 15.5. The lowest BCUT2D eigenvalue weighted by atomic mass is 10.2. The van der Waals surface area contributed by atoms with Crippen molar-refractivity contribution in [2.24, 2.45) is 0 Å². The van der Waals surface area contributed by atoms with E-state index in [1.54, 1.807) is 24.5 Å². The third-order valence-electron chi connectivity index (χ3n) is 3.95. The van der Waals surface area contributed by atoms with Crippen molar-refractivity contribution in [2.45, 2.75) is 13.0 Å². The van der Waals surface area contributed by atoms with Gasteiger partial charge in [-0.15, -0.1) is 0 Å². The molecule has 1 saturated heterocycles. The Morgan fingerprint density at radius 1 is 1.23 bits per heavy atom. The number of furan rings is 1. The van der Waals surface area contributed by atoms with E-state index in [2.05, 4.69) is 19.8 Å². The third-order valence-corrected chi connectivity index (χ3v) is 3.95. The molecular weight excluding hydrogens is 284 g/mol. The first-order valence-electron chi connectivity index (χ1n) is 7.24. The molecule has 0 amide bonds. The Bertz CT molecular complexity index is 635. The molecule has 0 radical (unpaired) electrons. The largest absolute Gasteiger partial charge is 0.475 e. The minimum absolute atomic E-state index is 0.0156. The molecule has 1 atom stereocenters. The van der Waals surface area contributed by atoms with Gasteiger partial charge in [0.05, 0.1) is 6.04 Å². The molecule has 22 heavy (non-hydrogen) atoms. The number of aromatic nitrogens is 2. The molecular formula is C15H18N4O3. The minimum atomic E-state index is -1.04. The molecule has 2 aromatic rings. The molecule has 2 aromatic heterocycles. The number of carboxylic acid groups (broad SMARTS) is 1. The van der Waals surface area contributed by atoms with Gasteiger partial charge in [0.1, 0.15) is 5.76 Å². The SMILES string of the molecule is CC(c1ccc(C(=O)O)o1)N1CCN(c2ncccn2)CC1. The molecule has 1 aliphatic rings. The molecule has 3 heterocycles. The van der Waals surface area contributed by atoms with Crippen LogP contribution in [0, 0.1) is 0 Å². The summed E-state index contributed by atoms with van der Waals surface area (Å²) >= 11 is 0. The average Bonchev–Trinajstić information content (AvgIpc) is 3.05. The number of rotatable bonds is 4. The van der Waals surface area contributed by atoms with Crippen molar-refractivity contribution in [1.82, 2.24) is 14.9 Å². The predicted octanol–water partition coefficient (Wildman–Crippen LogP) is 1.65. The number of nitrogens with zero attached hydrogens (tertiary/aromatic N) is 4. The highest BCUT2D eigenvalue weighted by Crippen LogP contribution is 2.24. The minimum Gasteiger partial charge on any atom is -0.475 e. The Morgan fingerprint density at radius 3 is 2.50 bits per heavy atom. The number of anilines is 1. The predicted molar refractivity (Wildman–Crippen MR) is 79.9 cm³/mol. The van der Waals surface area contributed by atoms with Crippen molar-refractivity contribution < 1.29 is 14.3 Å². The van der Waals surface area contributed by atoms with Crippen LogP contribution in [0.1, 0.15) is 29.3 Å². The standard InChI is InChI=1S/C15H18N4O3/c1-11(12-3-4-13(22-12)14(20)21)18-7-9-19(10-8-18)15-16-5-2-6-17-15/h2-6,11H,7-10H2,1H3,(H,20,21). The third kappa shape index (κ3) is 2.94. The van der Waals surface area contributed by atoms with Crippen molar-refractivity contribution in [2.75, 3.05) is 31.1 Å². The zero-order valence-corrected chi connectivity index (χ0v) is 12.3. The van der Waals surface area contributed by atoms with Crippen molar-refractivity contribution >= 4 is 11.9 Å².